The van der Waals surface area contributed by atoms with E-state index >= 15 is 0 Å². The molecule has 0 spiro atoms. The van der Waals surface area contributed by atoms with Gasteiger partial charge in [0.25, 0.3) is 0 Å². The van der Waals surface area contributed by atoms with Crippen molar-refractivity contribution in [3.05, 3.63) is 54.6 Å². The molecule has 43 heavy (non-hydrogen) atoms. The highest BCUT2D eigenvalue weighted by atomic mass is 16.7. The van der Waals surface area contributed by atoms with Crippen molar-refractivity contribution < 1.29 is 42.4 Å². The van der Waals surface area contributed by atoms with Crippen LogP contribution in [0.1, 0.15) is 60.8 Å². The lowest BCUT2D eigenvalue weighted by atomic mass is 10.1. The van der Waals surface area contributed by atoms with E-state index in [9.17, 15) is 0 Å². The summed E-state index contributed by atoms with van der Waals surface area (Å²) in [7, 11) is -1.19. The summed E-state index contributed by atoms with van der Waals surface area (Å²) in [5.41, 5.74) is 0. The Morgan fingerprint density at radius 3 is 0.953 bits per heavy atom. The first-order valence-corrected chi connectivity index (χ1v) is 15.2. The second-order valence-corrected chi connectivity index (χ2v) is 9.31. The average Bonchev–Trinajstić information content (AvgIpc) is 3.00. The van der Waals surface area contributed by atoms with Crippen molar-refractivity contribution in [2.45, 2.75) is 60.8 Å². The minimum Gasteiger partial charge on any atom is -0.490 e. The van der Waals surface area contributed by atoms with Crippen LogP contribution in [0.3, 0.4) is 0 Å². The molecule has 0 saturated heterocycles. The Kier molecular flexibility index (Phi) is 14.4. The zero-order valence-corrected chi connectivity index (χ0v) is 26.3. The number of hydrogen-bond donors (Lipinski definition) is 0. The Hall–Kier alpha value is -4.08. The SMILES string of the molecule is CCCOc1ccc(OB(Oc2ccc(OCCC)c(OCC)c2)Oc2ccc(OCCC)c(OCC)c2)cc1OCC. The first kappa shape index (κ1) is 33.4. The fourth-order valence-corrected chi connectivity index (χ4v) is 3.89. The van der Waals surface area contributed by atoms with E-state index in [2.05, 4.69) is 20.8 Å². The second kappa shape index (κ2) is 18.5. The third kappa shape index (κ3) is 10.6. The zero-order chi connectivity index (χ0) is 30.9. The van der Waals surface area contributed by atoms with Crippen molar-refractivity contribution in [1.82, 2.24) is 0 Å². The molecule has 10 heteroatoms. The van der Waals surface area contributed by atoms with Gasteiger partial charge >= 0.3 is 7.32 Å². The molecule has 0 aliphatic rings. The van der Waals surface area contributed by atoms with Crippen LogP contribution in [0.25, 0.3) is 0 Å². The highest BCUT2D eigenvalue weighted by Crippen LogP contribution is 2.36. The number of benzene rings is 3. The van der Waals surface area contributed by atoms with Gasteiger partial charge in [0.15, 0.2) is 34.5 Å². The molecule has 0 amide bonds. The van der Waals surface area contributed by atoms with Crippen LogP contribution in [-0.2, 0) is 0 Å². The molecule has 0 heterocycles. The van der Waals surface area contributed by atoms with Crippen LogP contribution in [0.4, 0.5) is 0 Å². The zero-order valence-electron chi connectivity index (χ0n) is 26.3. The van der Waals surface area contributed by atoms with Gasteiger partial charge in [-0.3, -0.25) is 0 Å². The fraction of sp³-hybridized carbons (Fsp3) is 0.455. The van der Waals surface area contributed by atoms with Gasteiger partial charge in [0.05, 0.1) is 39.6 Å². The van der Waals surface area contributed by atoms with Crippen LogP contribution in [0.15, 0.2) is 54.6 Å². The molecule has 234 valence electrons. The van der Waals surface area contributed by atoms with Gasteiger partial charge in [-0.15, -0.1) is 0 Å². The Labute approximate surface area is 256 Å². The van der Waals surface area contributed by atoms with Gasteiger partial charge in [0.2, 0.25) is 0 Å². The van der Waals surface area contributed by atoms with E-state index in [0.29, 0.717) is 91.4 Å². The maximum absolute atomic E-state index is 6.23. The maximum Gasteiger partial charge on any atom is 0.864 e. The molecular weight excluding hydrogens is 551 g/mol. The molecule has 0 N–H and O–H groups in total. The summed E-state index contributed by atoms with van der Waals surface area (Å²) in [4.78, 5) is 0. The first-order chi connectivity index (χ1) is 21.0. The first-order valence-electron chi connectivity index (χ1n) is 15.2. The largest absolute Gasteiger partial charge is 0.864 e. The average molecular weight is 597 g/mol. The Balaban J connectivity index is 1.93. The molecule has 0 unspecified atom stereocenters. The van der Waals surface area contributed by atoms with E-state index in [1.165, 1.54) is 0 Å². The molecule has 0 saturated carbocycles. The highest BCUT2D eigenvalue weighted by Gasteiger charge is 2.32. The molecule has 0 atom stereocenters. The van der Waals surface area contributed by atoms with Crippen LogP contribution in [0, 0.1) is 0 Å². The summed E-state index contributed by atoms with van der Waals surface area (Å²) in [5, 5.41) is 0. The van der Waals surface area contributed by atoms with E-state index in [1.807, 2.05) is 39.0 Å². The Morgan fingerprint density at radius 2 is 0.698 bits per heavy atom. The van der Waals surface area contributed by atoms with E-state index in [-0.39, 0.29) is 0 Å². The van der Waals surface area contributed by atoms with Crippen molar-refractivity contribution in [3.8, 4) is 51.7 Å². The van der Waals surface area contributed by atoms with Crippen molar-refractivity contribution >= 4 is 7.32 Å². The molecule has 0 fully saturated rings. The standard InChI is InChI=1S/C33H45BO9/c1-7-19-38-28-16-13-25(22-31(28)35-10-4)41-34(42-26-14-17-29(39-20-8-2)32(23-26)36-11-5)43-27-15-18-30(40-21-9-3)33(24-27)37-12-6/h13-18,22-24H,7-12,19-21H2,1-6H3. The lowest BCUT2D eigenvalue weighted by Crippen LogP contribution is -2.37. The lowest BCUT2D eigenvalue weighted by molar-refractivity contribution is 0.269. The van der Waals surface area contributed by atoms with E-state index in [4.69, 9.17) is 42.4 Å². The van der Waals surface area contributed by atoms with Crippen LogP contribution in [0.2, 0.25) is 0 Å². The summed E-state index contributed by atoms with van der Waals surface area (Å²) in [6, 6.07) is 16.1. The Morgan fingerprint density at radius 1 is 0.395 bits per heavy atom. The predicted molar refractivity (Wildman–Crippen MR) is 168 cm³/mol. The molecule has 3 aromatic carbocycles. The molecule has 0 aromatic heterocycles. The summed E-state index contributed by atoms with van der Waals surface area (Å²) in [6.45, 7) is 15.1. The summed E-state index contributed by atoms with van der Waals surface area (Å²) < 4.78 is 53.7. The van der Waals surface area contributed by atoms with Crippen molar-refractivity contribution in [1.29, 1.82) is 0 Å². The number of ether oxygens (including phenoxy) is 6. The van der Waals surface area contributed by atoms with Crippen LogP contribution in [0.5, 0.6) is 51.7 Å². The van der Waals surface area contributed by atoms with E-state index in [0.717, 1.165) is 19.3 Å². The third-order valence-electron chi connectivity index (χ3n) is 5.73. The van der Waals surface area contributed by atoms with Gasteiger partial charge in [-0.2, -0.15) is 0 Å². The highest BCUT2D eigenvalue weighted by molar-refractivity contribution is 6.39. The van der Waals surface area contributed by atoms with Crippen molar-refractivity contribution in [3.63, 3.8) is 0 Å². The molecular formula is C33H45BO9. The van der Waals surface area contributed by atoms with Gasteiger partial charge in [-0.05, 0) is 76.4 Å². The van der Waals surface area contributed by atoms with Gasteiger partial charge in [-0.25, -0.2) is 0 Å². The van der Waals surface area contributed by atoms with Gasteiger partial charge in [0.1, 0.15) is 17.2 Å². The Bertz CT molecular complexity index is 1090. The number of hydrogen-bond acceptors (Lipinski definition) is 9. The van der Waals surface area contributed by atoms with Gasteiger partial charge < -0.3 is 42.4 Å². The molecule has 0 aliphatic carbocycles. The van der Waals surface area contributed by atoms with Crippen molar-refractivity contribution in [2.75, 3.05) is 39.6 Å². The molecule has 0 aliphatic heterocycles. The summed E-state index contributed by atoms with van der Waals surface area (Å²) in [5.74, 6) is 5.04. The minimum atomic E-state index is -1.19. The fourth-order valence-electron chi connectivity index (χ4n) is 3.89. The van der Waals surface area contributed by atoms with Crippen LogP contribution < -0.4 is 42.4 Å². The summed E-state index contributed by atoms with van der Waals surface area (Å²) in [6.07, 6.45) is 2.64. The third-order valence-corrected chi connectivity index (χ3v) is 5.73. The summed E-state index contributed by atoms with van der Waals surface area (Å²) >= 11 is 0. The maximum atomic E-state index is 6.23. The van der Waals surface area contributed by atoms with Crippen LogP contribution >= 0.6 is 0 Å². The number of rotatable bonds is 21. The van der Waals surface area contributed by atoms with Gasteiger partial charge in [0, 0.05) is 18.2 Å². The van der Waals surface area contributed by atoms with Crippen LogP contribution in [-0.4, -0.2) is 47.0 Å². The van der Waals surface area contributed by atoms with Gasteiger partial charge in [-0.1, -0.05) is 20.8 Å². The topological polar surface area (TPSA) is 83.1 Å². The second-order valence-electron chi connectivity index (χ2n) is 9.31. The van der Waals surface area contributed by atoms with E-state index in [1.54, 1.807) is 36.4 Å². The van der Waals surface area contributed by atoms with Crippen molar-refractivity contribution in [2.24, 2.45) is 0 Å². The molecule has 3 rings (SSSR count). The molecule has 9 nitrogen and oxygen atoms in total. The molecule has 0 radical (unpaired) electrons. The smallest absolute Gasteiger partial charge is 0.490 e. The molecule has 0 bridgehead atoms. The van der Waals surface area contributed by atoms with E-state index < -0.39 is 7.32 Å². The molecule has 3 aromatic rings. The minimum absolute atomic E-state index is 0.471. The predicted octanol–water partition coefficient (Wildman–Crippen LogP) is 7.77. The quantitative estimate of drug-likeness (QED) is 0.115. The normalized spacial score (nSPS) is 10.5. The lowest BCUT2D eigenvalue weighted by Gasteiger charge is -2.20. The monoisotopic (exact) mass is 596 g/mol.